The van der Waals surface area contributed by atoms with Crippen LogP contribution in [0.4, 0.5) is 0 Å². The number of benzene rings is 2. The summed E-state index contributed by atoms with van der Waals surface area (Å²) < 4.78 is 12.3. The highest BCUT2D eigenvalue weighted by atomic mass is 16.7. The lowest BCUT2D eigenvalue weighted by Gasteiger charge is -2.09. The van der Waals surface area contributed by atoms with Gasteiger partial charge >= 0.3 is 0 Å². The van der Waals surface area contributed by atoms with Crippen molar-refractivity contribution in [1.29, 1.82) is 0 Å². The van der Waals surface area contributed by atoms with Crippen LogP contribution in [-0.2, 0) is 0 Å². The number of fused-ring (bicyclic) bond motifs is 2. The molecule has 5 heteroatoms. The molecule has 98 valence electrons. The van der Waals surface area contributed by atoms with Gasteiger partial charge in [-0.15, -0.1) is 0 Å². The molecule has 0 amide bonds. The fourth-order valence-electron chi connectivity index (χ4n) is 2.35. The fourth-order valence-corrected chi connectivity index (χ4v) is 2.35. The van der Waals surface area contributed by atoms with Gasteiger partial charge in [-0.2, -0.15) is 0 Å². The van der Waals surface area contributed by atoms with E-state index in [1.165, 1.54) is 6.20 Å². The summed E-state index contributed by atoms with van der Waals surface area (Å²) in [6, 6.07) is 13.0. The fraction of sp³-hybridized carbons (Fsp3) is 0.0667. The second-order valence-electron chi connectivity index (χ2n) is 4.46. The third kappa shape index (κ3) is 1.56. The van der Waals surface area contributed by atoms with Crippen LogP contribution in [0, 0.1) is 0 Å². The first-order valence-electron chi connectivity index (χ1n) is 6.20. The molecule has 0 saturated carbocycles. The summed E-state index contributed by atoms with van der Waals surface area (Å²) in [7, 11) is 0. The van der Waals surface area contributed by atoms with Gasteiger partial charge in [-0.3, -0.25) is 9.36 Å². The zero-order chi connectivity index (χ0) is 13.5. The van der Waals surface area contributed by atoms with Gasteiger partial charge in [0.25, 0.3) is 5.56 Å². The van der Waals surface area contributed by atoms with Crippen LogP contribution in [0.5, 0.6) is 11.5 Å². The predicted molar refractivity (Wildman–Crippen MR) is 73.5 cm³/mol. The molecule has 0 N–H and O–H groups in total. The Morgan fingerprint density at radius 2 is 1.90 bits per heavy atom. The molecule has 2 aromatic carbocycles. The van der Waals surface area contributed by atoms with Gasteiger partial charge in [0.2, 0.25) is 6.79 Å². The summed E-state index contributed by atoms with van der Waals surface area (Å²) in [5.41, 5.74) is 2.09. The number of ether oxygens (including phenoxy) is 2. The van der Waals surface area contributed by atoms with Crippen molar-refractivity contribution in [3.63, 3.8) is 0 Å². The van der Waals surface area contributed by atoms with Gasteiger partial charge in [-0.05, 0) is 24.3 Å². The third-order valence-corrected chi connectivity index (χ3v) is 3.27. The lowest BCUT2D eigenvalue weighted by atomic mass is 10.2. The van der Waals surface area contributed by atoms with E-state index in [2.05, 4.69) is 4.98 Å². The van der Waals surface area contributed by atoms with E-state index in [-0.39, 0.29) is 12.4 Å². The molecular weight excluding hydrogens is 256 g/mol. The normalized spacial score (nSPS) is 12.8. The molecule has 20 heavy (non-hydrogen) atoms. The molecule has 1 aliphatic rings. The molecule has 0 unspecified atom stereocenters. The van der Waals surface area contributed by atoms with Gasteiger partial charge in [0.05, 0.1) is 22.9 Å². The number of para-hydroxylation sites is 2. The van der Waals surface area contributed by atoms with Crippen LogP contribution >= 0.6 is 0 Å². The zero-order valence-corrected chi connectivity index (χ0v) is 10.4. The molecule has 0 fully saturated rings. The molecule has 0 radical (unpaired) electrons. The van der Waals surface area contributed by atoms with Gasteiger partial charge in [-0.25, -0.2) is 4.98 Å². The highest BCUT2D eigenvalue weighted by molar-refractivity contribution is 5.76. The van der Waals surface area contributed by atoms with Crippen molar-refractivity contribution in [2.75, 3.05) is 6.79 Å². The first-order chi connectivity index (χ1) is 9.83. The first kappa shape index (κ1) is 11.0. The molecule has 1 aliphatic heterocycles. The van der Waals surface area contributed by atoms with Crippen molar-refractivity contribution in [3.8, 4) is 17.2 Å². The summed E-state index contributed by atoms with van der Waals surface area (Å²) in [6.07, 6.45) is 1.33. The Morgan fingerprint density at radius 1 is 1.05 bits per heavy atom. The van der Waals surface area contributed by atoms with E-state index in [0.717, 1.165) is 16.7 Å². The molecule has 3 aromatic rings. The minimum atomic E-state index is -0.178. The number of hydrogen-bond donors (Lipinski definition) is 0. The quantitative estimate of drug-likeness (QED) is 0.677. The van der Waals surface area contributed by atoms with Crippen molar-refractivity contribution in [2.24, 2.45) is 0 Å². The average molecular weight is 266 g/mol. The summed E-state index contributed by atoms with van der Waals surface area (Å²) in [6.45, 7) is 0.213. The van der Waals surface area contributed by atoms with E-state index in [9.17, 15) is 4.79 Å². The van der Waals surface area contributed by atoms with E-state index in [1.807, 2.05) is 30.3 Å². The monoisotopic (exact) mass is 266 g/mol. The summed E-state index contributed by atoms with van der Waals surface area (Å²) >= 11 is 0. The van der Waals surface area contributed by atoms with E-state index in [1.54, 1.807) is 16.7 Å². The van der Waals surface area contributed by atoms with Crippen molar-refractivity contribution < 1.29 is 9.47 Å². The van der Waals surface area contributed by atoms with Crippen LogP contribution in [0.2, 0.25) is 0 Å². The van der Waals surface area contributed by atoms with Crippen LogP contribution in [0.15, 0.2) is 53.5 Å². The Morgan fingerprint density at radius 3 is 2.85 bits per heavy atom. The van der Waals surface area contributed by atoms with Gasteiger partial charge in [0.1, 0.15) is 0 Å². The second kappa shape index (κ2) is 4.09. The maximum Gasteiger partial charge on any atom is 0.274 e. The van der Waals surface area contributed by atoms with E-state index in [0.29, 0.717) is 11.5 Å². The maximum atomic E-state index is 12.2. The molecule has 0 spiro atoms. The van der Waals surface area contributed by atoms with Crippen molar-refractivity contribution >= 4 is 11.0 Å². The van der Waals surface area contributed by atoms with E-state index in [4.69, 9.17) is 9.47 Å². The lowest BCUT2D eigenvalue weighted by molar-refractivity contribution is 0.174. The van der Waals surface area contributed by atoms with Crippen LogP contribution in [0.25, 0.3) is 16.7 Å². The van der Waals surface area contributed by atoms with Gasteiger partial charge in [0.15, 0.2) is 11.5 Å². The highest BCUT2D eigenvalue weighted by Crippen LogP contribution is 2.33. The Kier molecular flexibility index (Phi) is 2.26. The second-order valence-corrected chi connectivity index (χ2v) is 4.46. The summed E-state index contributed by atoms with van der Waals surface area (Å²) in [5, 5.41) is 0. The van der Waals surface area contributed by atoms with Crippen LogP contribution in [0.1, 0.15) is 0 Å². The molecule has 4 rings (SSSR count). The Bertz CT molecular complexity index is 870. The molecule has 0 aliphatic carbocycles. The Hall–Kier alpha value is -2.82. The zero-order valence-electron chi connectivity index (χ0n) is 10.4. The van der Waals surface area contributed by atoms with E-state index < -0.39 is 0 Å². The molecular formula is C15H10N2O3. The minimum absolute atomic E-state index is 0.178. The molecule has 0 atom stereocenters. The average Bonchev–Trinajstić information content (AvgIpc) is 2.94. The molecule has 0 saturated heterocycles. The Labute approximate surface area is 114 Å². The van der Waals surface area contributed by atoms with Crippen molar-refractivity contribution in [3.05, 3.63) is 59.0 Å². The molecule has 5 nitrogen and oxygen atoms in total. The SMILES string of the molecule is O=c1cnc2ccccc2n1-c1ccc2c(c1)OCO2. The smallest absolute Gasteiger partial charge is 0.274 e. The number of nitrogens with zero attached hydrogens (tertiary/aromatic N) is 2. The van der Waals surface area contributed by atoms with Crippen molar-refractivity contribution in [1.82, 2.24) is 9.55 Å². The summed E-state index contributed by atoms with van der Waals surface area (Å²) in [5.74, 6) is 1.34. The number of rotatable bonds is 1. The van der Waals surface area contributed by atoms with Crippen molar-refractivity contribution in [2.45, 2.75) is 0 Å². The van der Waals surface area contributed by atoms with Gasteiger partial charge < -0.3 is 9.47 Å². The topological polar surface area (TPSA) is 53.4 Å². The number of aromatic nitrogens is 2. The van der Waals surface area contributed by atoms with Crippen LogP contribution < -0.4 is 15.0 Å². The lowest BCUT2D eigenvalue weighted by Crippen LogP contribution is -2.18. The predicted octanol–water partition coefficient (Wildman–Crippen LogP) is 2.11. The molecule has 0 bridgehead atoms. The Balaban J connectivity index is 2.02. The van der Waals surface area contributed by atoms with Crippen LogP contribution in [0.3, 0.4) is 0 Å². The van der Waals surface area contributed by atoms with E-state index >= 15 is 0 Å². The summed E-state index contributed by atoms with van der Waals surface area (Å²) in [4.78, 5) is 16.3. The maximum absolute atomic E-state index is 12.2. The minimum Gasteiger partial charge on any atom is -0.454 e. The molecule has 1 aromatic heterocycles. The highest BCUT2D eigenvalue weighted by Gasteiger charge is 2.15. The standard InChI is InChI=1S/C15H10N2O3/c18-15-8-16-11-3-1-2-4-12(11)17(15)10-5-6-13-14(7-10)20-9-19-13/h1-8H,9H2. The first-order valence-corrected chi connectivity index (χ1v) is 6.20. The number of hydrogen-bond acceptors (Lipinski definition) is 4. The largest absolute Gasteiger partial charge is 0.454 e. The third-order valence-electron chi connectivity index (χ3n) is 3.27. The van der Waals surface area contributed by atoms with Crippen LogP contribution in [-0.4, -0.2) is 16.3 Å². The molecule has 2 heterocycles. The van der Waals surface area contributed by atoms with Gasteiger partial charge in [0, 0.05) is 6.07 Å². The van der Waals surface area contributed by atoms with Gasteiger partial charge in [-0.1, -0.05) is 12.1 Å².